The van der Waals surface area contributed by atoms with Crippen molar-refractivity contribution in [2.45, 2.75) is 13.1 Å². The van der Waals surface area contributed by atoms with Gasteiger partial charge in [-0.15, -0.1) is 0 Å². The van der Waals surface area contributed by atoms with Crippen molar-refractivity contribution < 1.29 is 19.5 Å². The molecule has 0 aromatic heterocycles. The van der Waals surface area contributed by atoms with Gasteiger partial charge in [-0.3, -0.25) is 10.1 Å². The van der Waals surface area contributed by atoms with Crippen LogP contribution in [-0.2, 0) is 13.1 Å². The van der Waals surface area contributed by atoms with Crippen LogP contribution < -0.4 is 14.5 Å². The minimum absolute atomic E-state index is 0.178. The van der Waals surface area contributed by atoms with E-state index in [-0.39, 0.29) is 10.6 Å². The maximum Gasteiger partial charge on any atom is 0.269 e. The van der Waals surface area contributed by atoms with Crippen LogP contribution in [-0.4, -0.2) is 38.2 Å². The predicted octanol–water partition coefficient (Wildman–Crippen LogP) is 0.0870. The molecule has 0 radical (unpaired) electrons. The van der Waals surface area contributed by atoms with Gasteiger partial charge in [-0.2, -0.15) is 0 Å². The van der Waals surface area contributed by atoms with Gasteiger partial charge < -0.3 is 14.5 Å². The van der Waals surface area contributed by atoms with Crippen molar-refractivity contribution in [2.75, 3.05) is 33.3 Å². The SMILES string of the molecule is COc1ccccc1C[NH+]1CC[NH+](Cc2cccc([N+](=O)[O-])c2)CC1. The minimum Gasteiger partial charge on any atom is -0.496 e. The molecule has 25 heavy (non-hydrogen) atoms. The number of hydrogen-bond donors (Lipinski definition) is 2. The number of ether oxygens (including phenoxy) is 1. The highest BCUT2D eigenvalue weighted by atomic mass is 16.6. The highest BCUT2D eigenvalue weighted by Crippen LogP contribution is 2.15. The fourth-order valence-corrected chi connectivity index (χ4v) is 3.50. The molecular formula is C19H25N3O3+2. The van der Waals surface area contributed by atoms with Crippen LogP contribution in [0.1, 0.15) is 11.1 Å². The van der Waals surface area contributed by atoms with E-state index < -0.39 is 0 Å². The quantitative estimate of drug-likeness (QED) is 0.577. The van der Waals surface area contributed by atoms with Crippen LogP contribution >= 0.6 is 0 Å². The molecule has 0 amide bonds. The van der Waals surface area contributed by atoms with Crippen LogP contribution in [0.2, 0.25) is 0 Å². The van der Waals surface area contributed by atoms with Gasteiger partial charge in [-0.25, -0.2) is 0 Å². The smallest absolute Gasteiger partial charge is 0.269 e. The highest BCUT2D eigenvalue weighted by Gasteiger charge is 2.24. The van der Waals surface area contributed by atoms with E-state index in [9.17, 15) is 10.1 Å². The van der Waals surface area contributed by atoms with E-state index >= 15 is 0 Å². The molecule has 0 unspecified atom stereocenters. The van der Waals surface area contributed by atoms with E-state index in [1.165, 1.54) is 10.5 Å². The molecule has 2 aromatic rings. The maximum atomic E-state index is 10.9. The molecule has 2 N–H and O–H groups in total. The topological polar surface area (TPSA) is 61.2 Å². The van der Waals surface area contributed by atoms with Crippen LogP contribution in [0.15, 0.2) is 48.5 Å². The number of piperazine rings is 1. The summed E-state index contributed by atoms with van der Waals surface area (Å²) < 4.78 is 5.44. The summed E-state index contributed by atoms with van der Waals surface area (Å²) in [6.45, 7) is 6.18. The lowest BCUT2D eigenvalue weighted by Gasteiger charge is -2.30. The fraction of sp³-hybridized carbons (Fsp3) is 0.368. The standard InChI is InChI=1S/C19H23N3O3/c1-25-19-8-3-2-6-17(19)15-21-11-9-20(10-12-21)14-16-5-4-7-18(13-16)22(23)24/h2-8,13H,9-12,14-15H2,1H3/p+2. The molecule has 0 atom stereocenters. The van der Waals surface area contributed by atoms with Crippen LogP contribution in [0.3, 0.4) is 0 Å². The average Bonchev–Trinajstić information content (AvgIpc) is 2.64. The zero-order chi connectivity index (χ0) is 17.6. The largest absolute Gasteiger partial charge is 0.496 e. The van der Waals surface area contributed by atoms with Gasteiger partial charge in [0.05, 0.1) is 12.0 Å². The van der Waals surface area contributed by atoms with Gasteiger partial charge in [-0.1, -0.05) is 24.3 Å². The summed E-state index contributed by atoms with van der Waals surface area (Å²) in [6, 6.07) is 15.2. The number of non-ortho nitro benzene ring substituents is 1. The first kappa shape index (κ1) is 17.4. The van der Waals surface area contributed by atoms with Gasteiger partial charge in [0.15, 0.2) is 0 Å². The van der Waals surface area contributed by atoms with E-state index in [0.717, 1.165) is 50.6 Å². The second kappa shape index (κ2) is 8.09. The van der Waals surface area contributed by atoms with Crippen molar-refractivity contribution in [1.82, 2.24) is 0 Å². The summed E-state index contributed by atoms with van der Waals surface area (Å²) in [5.41, 5.74) is 2.47. The van der Waals surface area contributed by atoms with Crippen molar-refractivity contribution >= 4 is 5.69 Å². The Hall–Kier alpha value is -2.44. The second-order valence-corrected chi connectivity index (χ2v) is 6.59. The third-order valence-electron chi connectivity index (χ3n) is 4.87. The molecule has 1 saturated heterocycles. The molecule has 0 saturated carbocycles. The van der Waals surface area contributed by atoms with Crippen molar-refractivity contribution in [3.05, 3.63) is 69.8 Å². The molecule has 1 heterocycles. The number of nitro benzene ring substituents is 1. The second-order valence-electron chi connectivity index (χ2n) is 6.59. The van der Waals surface area contributed by atoms with Crippen molar-refractivity contribution in [2.24, 2.45) is 0 Å². The summed E-state index contributed by atoms with van der Waals surface area (Å²) in [6.07, 6.45) is 0. The van der Waals surface area contributed by atoms with Crippen molar-refractivity contribution in [1.29, 1.82) is 0 Å². The molecule has 1 fully saturated rings. The number of para-hydroxylation sites is 1. The Kier molecular flexibility index (Phi) is 5.63. The van der Waals surface area contributed by atoms with Crippen LogP contribution in [0.5, 0.6) is 5.75 Å². The van der Waals surface area contributed by atoms with E-state index in [0.29, 0.717) is 0 Å². The lowest BCUT2D eigenvalue weighted by molar-refractivity contribution is -1.02. The molecule has 0 spiro atoms. The van der Waals surface area contributed by atoms with Crippen molar-refractivity contribution in [3.63, 3.8) is 0 Å². The van der Waals surface area contributed by atoms with E-state index in [4.69, 9.17) is 4.74 Å². The molecule has 1 aliphatic rings. The Balaban J connectivity index is 1.53. The predicted molar refractivity (Wildman–Crippen MR) is 94.9 cm³/mol. The fourth-order valence-electron chi connectivity index (χ4n) is 3.50. The third-order valence-corrected chi connectivity index (χ3v) is 4.87. The minimum atomic E-state index is -0.325. The summed E-state index contributed by atoms with van der Waals surface area (Å²) in [5, 5.41) is 10.9. The number of nitrogens with zero attached hydrogens (tertiary/aromatic N) is 1. The van der Waals surface area contributed by atoms with Crippen LogP contribution in [0.25, 0.3) is 0 Å². The molecule has 3 rings (SSSR count). The van der Waals surface area contributed by atoms with E-state index in [1.54, 1.807) is 30.2 Å². The van der Waals surface area contributed by atoms with E-state index in [2.05, 4.69) is 12.1 Å². The van der Waals surface area contributed by atoms with Gasteiger partial charge in [0.1, 0.15) is 45.0 Å². The Bertz CT molecular complexity index is 727. The number of rotatable bonds is 6. The monoisotopic (exact) mass is 343 g/mol. The van der Waals surface area contributed by atoms with E-state index in [1.807, 2.05) is 18.2 Å². The van der Waals surface area contributed by atoms with Crippen LogP contribution in [0.4, 0.5) is 5.69 Å². The Labute approximate surface area is 147 Å². The molecule has 6 nitrogen and oxygen atoms in total. The number of quaternary nitrogens is 2. The van der Waals surface area contributed by atoms with Crippen LogP contribution in [0, 0.1) is 10.1 Å². The molecule has 1 aliphatic heterocycles. The summed E-state index contributed by atoms with van der Waals surface area (Å²) in [7, 11) is 1.72. The highest BCUT2D eigenvalue weighted by molar-refractivity contribution is 5.34. The van der Waals surface area contributed by atoms with Gasteiger partial charge >= 0.3 is 0 Å². The number of methoxy groups -OCH3 is 1. The van der Waals surface area contributed by atoms with Crippen molar-refractivity contribution in [3.8, 4) is 5.75 Å². The van der Waals surface area contributed by atoms with Gasteiger partial charge in [0.2, 0.25) is 0 Å². The summed E-state index contributed by atoms with van der Waals surface area (Å²) >= 11 is 0. The lowest BCUT2D eigenvalue weighted by Crippen LogP contribution is -3.27. The Morgan fingerprint density at radius 3 is 2.36 bits per heavy atom. The number of hydrogen-bond acceptors (Lipinski definition) is 3. The Morgan fingerprint density at radius 1 is 1.00 bits per heavy atom. The third kappa shape index (κ3) is 4.55. The first-order valence-electron chi connectivity index (χ1n) is 8.68. The number of nitrogens with one attached hydrogen (secondary N) is 2. The van der Waals surface area contributed by atoms with Gasteiger partial charge in [0, 0.05) is 23.3 Å². The van der Waals surface area contributed by atoms with Gasteiger partial charge in [-0.05, 0) is 12.1 Å². The van der Waals surface area contributed by atoms with Gasteiger partial charge in [0.25, 0.3) is 5.69 Å². The summed E-state index contributed by atoms with van der Waals surface area (Å²) in [5.74, 6) is 0.960. The first-order valence-corrected chi connectivity index (χ1v) is 8.68. The Morgan fingerprint density at radius 2 is 1.68 bits per heavy atom. The molecule has 0 aliphatic carbocycles. The average molecular weight is 343 g/mol. The molecule has 2 aromatic carbocycles. The molecule has 0 bridgehead atoms. The molecule has 6 heteroatoms. The lowest BCUT2D eigenvalue weighted by atomic mass is 10.1. The zero-order valence-corrected chi connectivity index (χ0v) is 14.5. The first-order chi connectivity index (χ1) is 12.2. The summed E-state index contributed by atoms with van der Waals surface area (Å²) in [4.78, 5) is 13.6. The molecule has 132 valence electrons. The zero-order valence-electron chi connectivity index (χ0n) is 14.5. The molecular weight excluding hydrogens is 318 g/mol. The maximum absolute atomic E-state index is 10.9. The normalized spacial score (nSPS) is 20.2. The number of nitro groups is 1. The number of benzene rings is 2.